The van der Waals surface area contributed by atoms with Crippen LogP contribution in [0.1, 0.15) is 5.56 Å². The first-order valence-corrected chi connectivity index (χ1v) is 4.70. The largest absolute Gasteiger partial charge is 0.351 e. The van der Waals surface area contributed by atoms with E-state index in [0.717, 1.165) is 0 Å². The van der Waals surface area contributed by atoms with Crippen molar-refractivity contribution in [3.8, 4) is 0 Å². The van der Waals surface area contributed by atoms with Gasteiger partial charge in [-0.15, -0.1) is 0 Å². The van der Waals surface area contributed by atoms with E-state index in [9.17, 15) is 0 Å². The quantitative estimate of drug-likeness (QED) is 0.602. The smallest absolute Gasteiger partial charge is 0.0489 e. The average molecular weight is 180 g/mol. The monoisotopic (exact) mass is 180 g/mol. The molecule has 2 aromatic rings. The highest BCUT2D eigenvalue weighted by atomic mass is 15.1. The van der Waals surface area contributed by atoms with Crippen molar-refractivity contribution in [3.05, 3.63) is 48.2 Å². The van der Waals surface area contributed by atoms with Crippen molar-refractivity contribution in [1.29, 1.82) is 0 Å². The molecule has 1 aliphatic rings. The van der Waals surface area contributed by atoms with Gasteiger partial charge in [0.15, 0.2) is 0 Å². The summed E-state index contributed by atoms with van der Waals surface area (Å²) in [6.45, 7) is 0. The van der Waals surface area contributed by atoms with Crippen molar-refractivity contribution in [2.24, 2.45) is 0 Å². The van der Waals surface area contributed by atoms with Gasteiger partial charge in [-0.3, -0.25) is 0 Å². The zero-order chi connectivity index (χ0) is 9.54. The molecule has 1 heteroatoms. The Morgan fingerprint density at radius 1 is 1.21 bits per heavy atom. The Morgan fingerprint density at radius 2 is 2.14 bits per heavy atom. The Hall–Kier alpha value is -1.76. The molecule has 0 N–H and O–H groups in total. The first-order valence-electron chi connectivity index (χ1n) is 4.70. The van der Waals surface area contributed by atoms with E-state index >= 15 is 0 Å². The molecule has 0 saturated heterocycles. The highest BCUT2D eigenvalue weighted by Gasteiger charge is 2.10. The van der Waals surface area contributed by atoms with Gasteiger partial charge in [0.2, 0.25) is 0 Å². The summed E-state index contributed by atoms with van der Waals surface area (Å²) in [5.74, 6) is 0. The van der Waals surface area contributed by atoms with Crippen LogP contribution in [-0.4, -0.2) is 7.05 Å². The van der Waals surface area contributed by atoms with Gasteiger partial charge in [-0.05, 0) is 41.3 Å². The fourth-order valence-corrected chi connectivity index (χ4v) is 1.98. The first kappa shape index (κ1) is 7.63. The Balaban J connectivity index is 2.52. The molecule has 1 heterocycles. The van der Waals surface area contributed by atoms with Gasteiger partial charge in [0.1, 0.15) is 0 Å². The van der Waals surface area contributed by atoms with Crippen molar-refractivity contribution < 1.29 is 0 Å². The summed E-state index contributed by atoms with van der Waals surface area (Å²) in [7, 11) is 2.07. The van der Waals surface area contributed by atoms with Crippen molar-refractivity contribution in [2.45, 2.75) is 0 Å². The maximum absolute atomic E-state index is 3.16. The van der Waals surface area contributed by atoms with E-state index in [2.05, 4.69) is 48.5 Å². The minimum atomic E-state index is 1.26. The molecule has 0 atom stereocenters. The molecule has 0 spiro atoms. The molecule has 0 amide bonds. The maximum atomic E-state index is 3.16. The van der Waals surface area contributed by atoms with E-state index in [1.165, 1.54) is 22.0 Å². The third kappa shape index (κ3) is 0.896. The van der Waals surface area contributed by atoms with Gasteiger partial charge < -0.3 is 4.90 Å². The van der Waals surface area contributed by atoms with Crippen molar-refractivity contribution in [2.75, 3.05) is 11.9 Å². The van der Waals surface area contributed by atoms with Gasteiger partial charge in [0.05, 0.1) is 0 Å². The number of hydrogen-bond acceptors (Lipinski definition) is 1. The molecule has 1 nitrogen and oxygen atoms in total. The van der Waals surface area contributed by atoms with Crippen molar-refractivity contribution in [1.82, 2.24) is 0 Å². The summed E-state index contributed by atoms with van der Waals surface area (Å²) in [5.41, 5.74) is 2.53. The van der Waals surface area contributed by atoms with E-state index in [0.29, 0.717) is 0 Å². The highest BCUT2D eigenvalue weighted by Crippen LogP contribution is 2.33. The number of anilines is 1. The third-order valence-corrected chi connectivity index (χ3v) is 2.70. The number of hydrogen-bond donors (Lipinski definition) is 0. The second kappa shape index (κ2) is 2.61. The maximum Gasteiger partial charge on any atom is 0.0489 e. The molecule has 3 rings (SSSR count). The molecule has 0 bridgehead atoms. The number of benzene rings is 2. The van der Waals surface area contributed by atoms with Crippen molar-refractivity contribution >= 4 is 22.5 Å². The van der Waals surface area contributed by atoms with Crippen LogP contribution in [0.15, 0.2) is 36.5 Å². The average Bonchev–Trinajstić information content (AvgIpc) is 2.24. The Morgan fingerprint density at radius 3 is 3.07 bits per heavy atom. The summed E-state index contributed by atoms with van der Waals surface area (Å²) >= 11 is 0. The molecule has 0 saturated carbocycles. The lowest BCUT2D eigenvalue weighted by Crippen LogP contribution is -2.10. The normalized spacial score (nSPS) is 13.6. The summed E-state index contributed by atoms with van der Waals surface area (Å²) in [5, 5.41) is 2.59. The van der Waals surface area contributed by atoms with Crippen LogP contribution in [0.25, 0.3) is 16.8 Å². The molecule has 0 fully saturated rings. The lowest BCUT2D eigenvalue weighted by molar-refractivity contribution is 1.22. The Kier molecular flexibility index (Phi) is 1.42. The van der Waals surface area contributed by atoms with E-state index < -0.39 is 0 Å². The van der Waals surface area contributed by atoms with Crippen LogP contribution in [0.5, 0.6) is 0 Å². The van der Waals surface area contributed by atoms with E-state index in [4.69, 9.17) is 0 Å². The van der Waals surface area contributed by atoms with Crippen LogP contribution < -0.4 is 4.90 Å². The van der Waals surface area contributed by atoms with Crippen LogP contribution in [0, 0.1) is 6.07 Å². The van der Waals surface area contributed by atoms with Gasteiger partial charge in [-0.2, -0.15) is 0 Å². The number of nitrogens with zero attached hydrogens (tertiary/aromatic N) is 1. The molecular formula is C13H10N. The van der Waals surface area contributed by atoms with Crippen LogP contribution in [0.4, 0.5) is 5.69 Å². The molecule has 0 aliphatic carbocycles. The molecular weight excluding hydrogens is 170 g/mol. The minimum absolute atomic E-state index is 1.26. The van der Waals surface area contributed by atoms with Gasteiger partial charge in [-0.25, -0.2) is 0 Å². The molecule has 67 valence electrons. The van der Waals surface area contributed by atoms with Gasteiger partial charge >= 0.3 is 0 Å². The molecule has 0 unspecified atom stereocenters. The van der Waals surface area contributed by atoms with E-state index in [1.54, 1.807) is 0 Å². The zero-order valence-electron chi connectivity index (χ0n) is 7.99. The number of rotatable bonds is 0. The van der Waals surface area contributed by atoms with E-state index in [1.807, 2.05) is 12.1 Å². The molecule has 1 aliphatic heterocycles. The second-order valence-electron chi connectivity index (χ2n) is 3.58. The first-order chi connectivity index (χ1) is 6.86. The van der Waals surface area contributed by atoms with E-state index in [-0.39, 0.29) is 0 Å². The van der Waals surface area contributed by atoms with Crippen LogP contribution >= 0.6 is 0 Å². The van der Waals surface area contributed by atoms with Gasteiger partial charge in [-0.1, -0.05) is 12.1 Å². The Bertz CT molecular complexity index is 520. The SMILES string of the molecule is CN1C=Cc2c[c]cc3cccc1c23. The second-order valence-corrected chi connectivity index (χ2v) is 3.58. The predicted molar refractivity (Wildman–Crippen MR) is 60.2 cm³/mol. The van der Waals surface area contributed by atoms with Crippen molar-refractivity contribution in [3.63, 3.8) is 0 Å². The summed E-state index contributed by atoms with van der Waals surface area (Å²) in [6, 6.07) is 13.6. The summed E-state index contributed by atoms with van der Waals surface area (Å²) in [6.07, 6.45) is 4.22. The van der Waals surface area contributed by atoms with Crippen LogP contribution in [0.2, 0.25) is 0 Å². The zero-order valence-corrected chi connectivity index (χ0v) is 7.99. The third-order valence-electron chi connectivity index (χ3n) is 2.70. The topological polar surface area (TPSA) is 3.24 Å². The van der Waals surface area contributed by atoms with Gasteiger partial charge in [0.25, 0.3) is 0 Å². The molecule has 0 aromatic heterocycles. The Labute approximate surface area is 83.3 Å². The lowest BCUT2D eigenvalue weighted by atomic mass is 10.0. The van der Waals surface area contributed by atoms with Crippen LogP contribution in [0.3, 0.4) is 0 Å². The fourth-order valence-electron chi connectivity index (χ4n) is 1.98. The minimum Gasteiger partial charge on any atom is -0.351 e. The molecule has 14 heavy (non-hydrogen) atoms. The van der Waals surface area contributed by atoms with Gasteiger partial charge in [0, 0.05) is 24.3 Å². The standard InChI is InChI=1S/C13H10N/c1-14-9-8-11-5-2-4-10-6-3-7-12(14)13(10)11/h3-9H,1H3. The summed E-state index contributed by atoms with van der Waals surface area (Å²) < 4.78 is 0. The lowest BCUT2D eigenvalue weighted by Gasteiger charge is -2.21. The fraction of sp³-hybridized carbons (Fsp3) is 0.0769. The highest BCUT2D eigenvalue weighted by molar-refractivity contribution is 6.02. The molecule has 2 aromatic carbocycles. The summed E-state index contributed by atoms with van der Waals surface area (Å²) in [4.78, 5) is 2.15. The predicted octanol–water partition coefficient (Wildman–Crippen LogP) is 3.06. The van der Waals surface area contributed by atoms with Crippen LogP contribution in [-0.2, 0) is 0 Å². The molecule has 1 radical (unpaired) electrons.